The number of benzene rings is 1. The Morgan fingerprint density at radius 2 is 2.07 bits per heavy atom. The Hall–Kier alpha value is -1.38. The van der Waals surface area contributed by atoms with Gasteiger partial charge in [-0.15, -0.1) is 0 Å². The van der Waals surface area contributed by atoms with Crippen molar-refractivity contribution in [3.63, 3.8) is 0 Å². The van der Waals surface area contributed by atoms with Crippen LogP contribution in [-0.4, -0.2) is 11.9 Å². The van der Waals surface area contributed by atoms with Crippen LogP contribution < -0.4 is 5.32 Å². The molecule has 0 bridgehead atoms. The van der Waals surface area contributed by atoms with E-state index in [-0.39, 0.29) is 17.5 Å². The number of carbonyl (C=O) groups excluding carboxylic acids is 1. The third-order valence-corrected chi connectivity index (χ3v) is 1.87. The van der Waals surface area contributed by atoms with Gasteiger partial charge in [-0.2, -0.15) is 0 Å². The van der Waals surface area contributed by atoms with Crippen LogP contribution in [0.15, 0.2) is 18.2 Å². The zero-order valence-electron chi connectivity index (χ0n) is 8.60. The average Bonchev–Trinajstić information content (AvgIpc) is 2.01. The predicted molar refractivity (Wildman–Crippen MR) is 53.7 cm³/mol. The minimum atomic E-state index is -0.469. The highest BCUT2D eigenvalue weighted by Gasteiger charge is 2.14. The number of hydrogen-bond acceptors (Lipinski definition) is 1. The molecule has 0 spiro atoms. The van der Waals surface area contributed by atoms with E-state index in [2.05, 4.69) is 5.32 Å². The number of hydrogen-bond donors (Lipinski definition) is 1. The Balaban J connectivity index is 3.00. The molecule has 1 aromatic carbocycles. The average molecular weight is 195 g/mol. The first-order valence-corrected chi connectivity index (χ1v) is 4.58. The molecule has 0 saturated carbocycles. The van der Waals surface area contributed by atoms with Gasteiger partial charge in [0, 0.05) is 6.04 Å². The molecule has 0 radical (unpaired) electrons. The largest absolute Gasteiger partial charge is 0.350 e. The van der Waals surface area contributed by atoms with E-state index in [9.17, 15) is 9.18 Å². The van der Waals surface area contributed by atoms with E-state index < -0.39 is 5.82 Å². The number of rotatable bonds is 2. The number of aryl methyl sites for hydroxylation is 1. The van der Waals surface area contributed by atoms with Crippen molar-refractivity contribution in [3.8, 4) is 0 Å². The molecule has 0 unspecified atom stereocenters. The fourth-order valence-corrected chi connectivity index (χ4v) is 1.25. The van der Waals surface area contributed by atoms with Crippen LogP contribution in [0, 0.1) is 12.7 Å². The monoisotopic (exact) mass is 195 g/mol. The summed E-state index contributed by atoms with van der Waals surface area (Å²) in [5.41, 5.74) is 0.796. The van der Waals surface area contributed by atoms with E-state index in [1.54, 1.807) is 19.1 Å². The number of carbonyl (C=O) groups is 1. The molecule has 1 amide bonds. The van der Waals surface area contributed by atoms with Crippen molar-refractivity contribution in [2.45, 2.75) is 26.8 Å². The number of nitrogens with one attached hydrogen (secondary N) is 1. The van der Waals surface area contributed by atoms with E-state index in [1.807, 2.05) is 13.8 Å². The first kappa shape index (κ1) is 10.7. The molecule has 76 valence electrons. The molecule has 3 heteroatoms. The lowest BCUT2D eigenvalue weighted by molar-refractivity contribution is 0.0938. The van der Waals surface area contributed by atoms with Gasteiger partial charge in [0.2, 0.25) is 0 Å². The maximum atomic E-state index is 13.3. The molecule has 0 aliphatic carbocycles. The second kappa shape index (κ2) is 4.22. The van der Waals surface area contributed by atoms with Crippen molar-refractivity contribution < 1.29 is 9.18 Å². The second-order valence-corrected chi connectivity index (χ2v) is 3.56. The maximum absolute atomic E-state index is 13.3. The summed E-state index contributed by atoms with van der Waals surface area (Å²) in [5.74, 6) is -0.821. The molecule has 1 aromatic rings. The van der Waals surface area contributed by atoms with Gasteiger partial charge in [0.1, 0.15) is 5.82 Å². The van der Waals surface area contributed by atoms with Crippen LogP contribution in [0.5, 0.6) is 0 Å². The molecule has 0 atom stereocenters. The van der Waals surface area contributed by atoms with Crippen LogP contribution in [0.2, 0.25) is 0 Å². The molecule has 1 N–H and O–H groups in total. The van der Waals surface area contributed by atoms with E-state index in [4.69, 9.17) is 0 Å². The lowest BCUT2D eigenvalue weighted by Gasteiger charge is -2.10. The molecule has 0 aliphatic rings. The van der Waals surface area contributed by atoms with Crippen LogP contribution >= 0.6 is 0 Å². The van der Waals surface area contributed by atoms with Crippen molar-refractivity contribution in [3.05, 3.63) is 35.1 Å². The molecule has 14 heavy (non-hydrogen) atoms. The van der Waals surface area contributed by atoms with Gasteiger partial charge in [-0.05, 0) is 32.4 Å². The first-order valence-electron chi connectivity index (χ1n) is 4.58. The van der Waals surface area contributed by atoms with Gasteiger partial charge in [0.25, 0.3) is 5.91 Å². The Kier molecular flexibility index (Phi) is 3.23. The lowest BCUT2D eigenvalue weighted by Crippen LogP contribution is -2.31. The smallest absolute Gasteiger partial charge is 0.254 e. The molecular weight excluding hydrogens is 181 g/mol. The van der Waals surface area contributed by atoms with E-state index >= 15 is 0 Å². The highest BCUT2D eigenvalue weighted by Crippen LogP contribution is 2.12. The van der Waals surface area contributed by atoms with Crippen LogP contribution in [-0.2, 0) is 0 Å². The quantitative estimate of drug-likeness (QED) is 0.770. The summed E-state index contributed by atoms with van der Waals surface area (Å²) in [4.78, 5) is 11.5. The minimum absolute atomic E-state index is 0.0153. The van der Waals surface area contributed by atoms with Crippen molar-refractivity contribution in [2.75, 3.05) is 0 Å². The minimum Gasteiger partial charge on any atom is -0.350 e. The highest BCUT2D eigenvalue weighted by molar-refractivity contribution is 5.96. The van der Waals surface area contributed by atoms with Crippen molar-refractivity contribution in [1.82, 2.24) is 5.32 Å². The Bertz CT molecular complexity index is 327. The van der Waals surface area contributed by atoms with Crippen molar-refractivity contribution in [2.24, 2.45) is 0 Å². The zero-order chi connectivity index (χ0) is 10.7. The van der Waals surface area contributed by atoms with Crippen LogP contribution in [0.3, 0.4) is 0 Å². The Morgan fingerprint density at radius 3 is 2.57 bits per heavy atom. The summed E-state index contributed by atoms with van der Waals surface area (Å²) in [6, 6.07) is 4.62. The van der Waals surface area contributed by atoms with Crippen LogP contribution in [0.1, 0.15) is 29.8 Å². The molecule has 2 nitrogen and oxygen atoms in total. The van der Waals surface area contributed by atoms with Crippen LogP contribution in [0.4, 0.5) is 4.39 Å². The summed E-state index contributed by atoms with van der Waals surface area (Å²) < 4.78 is 13.3. The molecule has 0 saturated heterocycles. The SMILES string of the molecule is Cc1cccc(F)c1C(=O)NC(C)C. The zero-order valence-corrected chi connectivity index (χ0v) is 8.60. The van der Waals surface area contributed by atoms with Gasteiger partial charge in [0.15, 0.2) is 0 Å². The maximum Gasteiger partial charge on any atom is 0.254 e. The summed E-state index contributed by atoms with van der Waals surface area (Å²) in [7, 11) is 0. The molecule has 0 heterocycles. The molecule has 1 rings (SSSR count). The van der Waals surface area contributed by atoms with Crippen molar-refractivity contribution in [1.29, 1.82) is 0 Å². The Labute approximate surface area is 83.1 Å². The second-order valence-electron chi connectivity index (χ2n) is 3.56. The van der Waals surface area contributed by atoms with Crippen molar-refractivity contribution >= 4 is 5.91 Å². The van der Waals surface area contributed by atoms with Gasteiger partial charge < -0.3 is 5.32 Å². The third kappa shape index (κ3) is 2.31. The van der Waals surface area contributed by atoms with Crippen LogP contribution in [0.25, 0.3) is 0 Å². The summed E-state index contributed by atoms with van der Waals surface area (Å²) in [5, 5.41) is 2.66. The fraction of sp³-hybridized carbons (Fsp3) is 0.364. The summed E-state index contributed by atoms with van der Waals surface area (Å²) >= 11 is 0. The third-order valence-electron chi connectivity index (χ3n) is 1.87. The van der Waals surface area contributed by atoms with E-state index in [0.29, 0.717) is 5.56 Å². The summed E-state index contributed by atoms with van der Waals surface area (Å²) in [6.45, 7) is 5.40. The standard InChI is InChI=1S/C11H14FNO/c1-7(2)13-11(14)10-8(3)5-4-6-9(10)12/h4-7H,1-3H3,(H,13,14). The van der Waals surface area contributed by atoms with Gasteiger partial charge in [-0.25, -0.2) is 4.39 Å². The van der Waals surface area contributed by atoms with Gasteiger partial charge in [0.05, 0.1) is 5.56 Å². The molecule has 0 aromatic heterocycles. The summed E-state index contributed by atoms with van der Waals surface area (Å²) in [6.07, 6.45) is 0. The topological polar surface area (TPSA) is 29.1 Å². The predicted octanol–water partition coefficient (Wildman–Crippen LogP) is 2.27. The molecular formula is C11H14FNO. The molecule has 0 aliphatic heterocycles. The fourth-order valence-electron chi connectivity index (χ4n) is 1.25. The van der Waals surface area contributed by atoms with Gasteiger partial charge in [-0.3, -0.25) is 4.79 Å². The highest BCUT2D eigenvalue weighted by atomic mass is 19.1. The Morgan fingerprint density at radius 1 is 1.43 bits per heavy atom. The normalized spacial score (nSPS) is 10.4. The number of halogens is 1. The van der Waals surface area contributed by atoms with E-state index in [1.165, 1.54) is 6.07 Å². The molecule has 0 fully saturated rings. The lowest BCUT2D eigenvalue weighted by atomic mass is 10.1. The van der Waals surface area contributed by atoms with E-state index in [0.717, 1.165) is 0 Å². The number of amides is 1. The van der Waals surface area contributed by atoms with Gasteiger partial charge >= 0.3 is 0 Å². The first-order chi connectivity index (χ1) is 6.52. The van der Waals surface area contributed by atoms with Gasteiger partial charge in [-0.1, -0.05) is 12.1 Å².